The third-order valence-electron chi connectivity index (χ3n) is 3.01. The fourth-order valence-corrected chi connectivity index (χ4v) is 2.15. The summed E-state index contributed by atoms with van der Waals surface area (Å²) in [4.78, 5) is 18.5. The quantitative estimate of drug-likeness (QED) is 0.881. The van der Waals surface area contributed by atoms with E-state index >= 15 is 0 Å². The third kappa shape index (κ3) is 2.83. The van der Waals surface area contributed by atoms with Crippen molar-refractivity contribution in [2.24, 2.45) is 0 Å². The minimum atomic E-state index is -0.152. The van der Waals surface area contributed by atoms with Crippen molar-refractivity contribution in [3.63, 3.8) is 0 Å². The van der Waals surface area contributed by atoms with Crippen molar-refractivity contribution in [3.05, 3.63) is 39.3 Å². The summed E-state index contributed by atoms with van der Waals surface area (Å²) in [5.74, 6) is 2.01. The van der Waals surface area contributed by atoms with Gasteiger partial charge in [-0.2, -0.15) is 0 Å². The molecule has 0 spiro atoms. The molecule has 0 radical (unpaired) electrons. The number of hydrogen-bond donors (Lipinski definition) is 2. The smallest absolute Gasteiger partial charge is 0.252 e. The number of aromatic nitrogens is 3. The molecule has 0 aromatic carbocycles. The van der Waals surface area contributed by atoms with Crippen LogP contribution in [0.1, 0.15) is 42.7 Å². The first-order valence-corrected chi connectivity index (χ1v) is 6.30. The Kier molecular flexibility index (Phi) is 3.69. The molecule has 6 nitrogen and oxygen atoms in total. The topological polar surface area (TPSA) is 83.8 Å². The van der Waals surface area contributed by atoms with Crippen molar-refractivity contribution < 1.29 is 4.52 Å². The largest absolute Gasteiger partial charge is 0.363 e. The van der Waals surface area contributed by atoms with Crippen LogP contribution in [0.15, 0.2) is 15.4 Å². The van der Waals surface area contributed by atoms with Gasteiger partial charge in [-0.1, -0.05) is 12.1 Å². The van der Waals surface area contributed by atoms with Crippen molar-refractivity contribution in [2.45, 2.75) is 40.2 Å². The highest BCUT2D eigenvalue weighted by molar-refractivity contribution is 5.39. The molecule has 1 atom stereocenters. The van der Waals surface area contributed by atoms with Crippen molar-refractivity contribution >= 4 is 5.82 Å². The van der Waals surface area contributed by atoms with E-state index < -0.39 is 0 Å². The molecule has 2 N–H and O–H groups in total. The van der Waals surface area contributed by atoms with Gasteiger partial charge in [-0.3, -0.25) is 4.79 Å². The molecule has 0 aliphatic heterocycles. The summed E-state index contributed by atoms with van der Waals surface area (Å²) in [6.45, 7) is 7.70. The molecule has 2 aromatic rings. The Hall–Kier alpha value is -2.11. The van der Waals surface area contributed by atoms with E-state index in [0.717, 1.165) is 17.0 Å². The molecular formula is C13H18N4O2. The monoisotopic (exact) mass is 262 g/mol. The molecular weight excluding hydrogens is 244 g/mol. The van der Waals surface area contributed by atoms with Gasteiger partial charge in [-0.05, 0) is 20.8 Å². The second-order valence-corrected chi connectivity index (χ2v) is 4.53. The van der Waals surface area contributed by atoms with Crippen LogP contribution in [0, 0.1) is 13.8 Å². The van der Waals surface area contributed by atoms with Crippen LogP contribution in [-0.2, 0) is 6.42 Å². The predicted octanol–water partition coefficient (Wildman–Crippen LogP) is 2.11. The minimum Gasteiger partial charge on any atom is -0.363 e. The summed E-state index contributed by atoms with van der Waals surface area (Å²) in [6, 6.07) is 1.43. The molecule has 0 saturated carbocycles. The van der Waals surface area contributed by atoms with Gasteiger partial charge in [0.25, 0.3) is 5.56 Å². The summed E-state index contributed by atoms with van der Waals surface area (Å²) in [5, 5.41) is 7.14. The molecule has 2 heterocycles. The lowest BCUT2D eigenvalue weighted by molar-refractivity contribution is 0.392. The Morgan fingerprint density at radius 2 is 2.21 bits per heavy atom. The van der Waals surface area contributed by atoms with E-state index in [-0.39, 0.29) is 11.6 Å². The Bertz CT molecular complexity index is 610. The zero-order valence-corrected chi connectivity index (χ0v) is 11.6. The fraction of sp³-hybridized carbons (Fsp3) is 0.462. The summed E-state index contributed by atoms with van der Waals surface area (Å²) >= 11 is 0. The van der Waals surface area contributed by atoms with Crippen LogP contribution >= 0.6 is 0 Å². The van der Waals surface area contributed by atoms with E-state index in [1.54, 1.807) is 0 Å². The van der Waals surface area contributed by atoms with Crippen LogP contribution in [0.3, 0.4) is 0 Å². The van der Waals surface area contributed by atoms with Gasteiger partial charge in [0.15, 0.2) is 0 Å². The molecule has 6 heteroatoms. The minimum absolute atomic E-state index is 0.0229. The van der Waals surface area contributed by atoms with Crippen LogP contribution in [0.25, 0.3) is 0 Å². The number of nitrogens with zero attached hydrogens (tertiary/aromatic N) is 2. The highest BCUT2D eigenvalue weighted by Crippen LogP contribution is 2.23. The van der Waals surface area contributed by atoms with Crippen LogP contribution in [0.5, 0.6) is 0 Å². The highest BCUT2D eigenvalue weighted by Gasteiger charge is 2.16. The van der Waals surface area contributed by atoms with Crippen LogP contribution < -0.4 is 10.9 Å². The highest BCUT2D eigenvalue weighted by atomic mass is 16.5. The molecule has 2 rings (SSSR count). The van der Waals surface area contributed by atoms with Crippen LogP contribution in [-0.4, -0.2) is 15.1 Å². The van der Waals surface area contributed by atoms with Crippen LogP contribution in [0.2, 0.25) is 0 Å². The van der Waals surface area contributed by atoms with E-state index in [1.807, 2.05) is 27.7 Å². The Labute approximate surface area is 111 Å². The molecule has 0 fully saturated rings. The van der Waals surface area contributed by atoms with Gasteiger partial charge in [0.05, 0.1) is 11.7 Å². The summed E-state index contributed by atoms with van der Waals surface area (Å²) < 4.78 is 5.14. The molecule has 0 aliphatic carbocycles. The van der Waals surface area contributed by atoms with Gasteiger partial charge < -0.3 is 14.8 Å². The lowest BCUT2D eigenvalue weighted by Gasteiger charge is -2.14. The number of anilines is 1. The zero-order chi connectivity index (χ0) is 14.0. The van der Waals surface area contributed by atoms with Gasteiger partial charge in [-0.15, -0.1) is 0 Å². The molecule has 102 valence electrons. The number of aromatic amines is 1. The maximum absolute atomic E-state index is 11.5. The predicted molar refractivity (Wildman–Crippen MR) is 72.3 cm³/mol. The second-order valence-electron chi connectivity index (χ2n) is 4.53. The molecule has 0 aliphatic rings. The average Bonchev–Trinajstić information content (AvgIpc) is 2.68. The summed E-state index contributed by atoms with van der Waals surface area (Å²) in [7, 11) is 0. The van der Waals surface area contributed by atoms with Gasteiger partial charge in [0.1, 0.15) is 17.4 Å². The molecule has 0 saturated heterocycles. The van der Waals surface area contributed by atoms with Gasteiger partial charge in [0, 0.05) is 18.1 Å². The van der Waals surface area contributed by atoms with Crippen molar-refractivity contribution in [2.75, 3.05) is 5.32 Å². The average molecular weight is 262 g/mol. The van der Waals surface area contributed by atoms with E-state index in [4.69, 9.17) is 4.52 Å². The van der Waals surface area contributed by atoms with Crippen molar-refractivity contribution in [1.82, 2.24) is 15.1 Å². The summed E-state index contributed by atoms with van der Waals surface area (Å²) in [5.41, 5.74) is 1.69. The Morgan fingerprint density at radius 3 is 2.79 bits per heavy atom. The fourth-order valence-electron chi connectivity index (χ4n) is 2.15. The Morgan fingerprint density at radius 1 is 1.47 bits per heavy atom. The van der Waals surface area contributed by atoms with Crippen molar-refractivity contribution in [3.8, 4) is 0 Å². The number of aryl methyl sites for hydroxylation is 3. The molecule has 19 heavy (non-hydrogen) atoms. The lowest BCUT2D eigenvalue weighted by Crippen LogP contribution is -2.16. The first kappa shape index (κ1) is 13.3. The first-order chi connectivity index (χ1) is 9.01. The molecule has 0 bridgehead atoms. The third-order valence-corrected chi connectivity index (χ3v) is 3.01. The van der Waals surface area contributed by atoms with Crippen LogP contribution in [0.4, 0.5) is 5.82 Å². The molecule has 2 aromatic heterocycles. The van der Waals surface area contributed by atoms with Crippen molar-refractivity contribution in [1.29, 1.82) is 0 Å². The van der Waals surface area contributed by atoms with Gasteiger partial charge in [-0.25, -0.2) is 4.98 Å². The standard InChI is InChI=1S/C13H18N4O2/c1-5-10-15-11(6-12(18)16-10)14-7(2)13-8(3)17-19-9(13)4/h6-7H,5H2,1-4H3,(H2,14,15,16,18). The van der Waals surface area contributed by atoms with Gasteiger partial charge >= 0.3 is 0 Å². The molecule has 0 amide bonds. The number of hydrogen-bond acceptors (Lipinski definition) is 5. The van der Waals surface area contributed by atoms with E-state index in [2.05, 4.69) is 20.4 Å². The summed E-state index contributed by atoms with van der Waals surface area (Å²) in [6.07, 6.45) is 0.685. The maximum Gasteiger partial charge on any atom is 0.252 e. The maximum atomic E-state index is 11.5. The first-order valence-electron chi connectivity index (χ1n) is 6.30. The molecule has 1 unspecified atom stereocenters. The Balaban J connectivity index is 2.26. The number of nitrogens with one attached hydrogen (secondary N) is 2. The second kappa shape index (κ2) is 5.26. The number of rotatable bonds is 4. The van der Waals surface area contributed by atoms with Gasteiger partial charge in [0.2, 0.25) is 0 Å². The normalized spacial score (nSPS) is 12.4. The van der Waals surface area contributed by atoms with E-state index in [1.165, 1.54) is 6.07 Å². The SMILES string of the molecule is CCc1nc(NC(C)c2c(C)noc2C)cc(=O)[nH]1. The van der Waals surface area contributed by atoms with E-state index in [9.17, 15) is 4.79 Å². The lowest BCUT2D eigenvalue weighted by atomic mass is 10.1. The van der Waals surface area contributed by atoms with E-state index in [0.29, 0.717) is 18.1 Å². The number of H-pyrrole nitrogens is 1. The zero-order valence-electron chi connectivity index (χ0n) is 11.6.